The van der Waals surface area contributed by atoms with Crippen molar-refractivity contribution in [3.63, 3.8) is 0 Å². The van der Waals surface area contributed by atoms with Crippen LogP contribution in [-0.2, 0) is 38.5 Å². The van der Waals surface area contributed by atoms with E-state index in [4.69, 9.17) is 29.9 Å². The van der Waals surface area contributed by atoms with Gasteiger partial charge in [0, 0.05) is 106 Å². The molecule has 0 aliphatic heterocycles. The highest BCUT2D eigenvalue weighted by molar-refractivity contribution is 5.84. The van der Waals surface area contributed by atoms with Crippen LogP contribution in [0, 0.1) is 132 Å². The molecule has 0 N–H and O–H groups in total. The second kappa shape index (κ2) is 26.3. The Bertz CT molecular complexity index is 5200. The summed E-state index contributed by atoms with van der Waals surface area (Å²) in [7, 11) is 0. The molecule has 6 nitrogen and oxygen atoms in total. The first kappa shape index (κ1) is 65.9. The molecule has 6 heterocycles. The summed E-state index contributed by atoms with van der Waals surface area (Å²) >= 11 is 0. The summed E-state index contributed by atoms with van der Waals surface area (Å²) in [4.78, 5) is 28.3. The fraction of sp³-hybridized carbons (Fsp3) is 0.275. The summed E-state index contributed by atoms with van der Waals surface area (Å²) in [5.74, 6) is 0. The van der Waals surface area contributed by atoms with E-state index in [9.17, 15) is 0 Å². The van der Waals surface area contributed by atoms with Gasteiger partial charge >= 0.3 is 0 Å². The Morgan fingerprint density at radius 2 is 0.598 bits per heavy atom. The van der Waals surface area contributed by atoms with Gasteiger partial charge < -0.3 is 0 Å². The van der Waals surface area contributed by atoms with E-state index < -0.39 is 0 Å². The number of hydrogen-bond donors (Lipinski definition) is 0. The van der Waals surface area contributed by atoms with Gasteiger partial charge in [0.05, 0.1) is 34.2 Å². The van der Waals surface area contributed by atoms with Gasteiger partial charge in [-0.25, -0.2) is 0 Å². The highest BCUT2D eigenvalue weighted by Gasteiger charge is 2.28. The number of hydrogen-bond acceptors (Lipinski definition) is 6. The Hall–Kier alpha value is -9.78. The lowest BCUT2D eigenvalue weighted by molar-refractivity contribution is 1.04. The summed E-state index contributed by atoms with van der Waals surface area (Å²) in [6.07, 6.45) is 5.97. The zero-order chi connectivity index (χ0) is 68.6. The quantitative estimate of drug-likeness (QED) is 0.151. The molecule has 0 radical (unpaired) electrons. The van der Waals surface area contributed by atoms with Crippen molar-refractivity contribution in [2.75, 3.05) is 0 Å². The van der Waals surface area contributed by atoms with Crippen molar-refractivity contribution in [2.24, 2.45) is 0 Å². The minimum absolute atomic E-state index is 0.992. The molecule has 12 aromatic rings. The molecule has 6 heteroatoms. The first-order valence-electron chi connectivity index (χ1n) is 34.8. The Morgan fingerprint density at radius 1 is 0.206 bits per heavy atom. The summed E-state index contributed by atoms with van der Waals surface area (Å²) in [6, 6.07) is 50.8. The molecular formula is C91H92N6. The normalized spacial score (nSPS) is 12.4. The van der Waals surface area contributed by atoms with E-state index in [2.05, 4.69) is 271 Å². The van der Waals surface area contributed by atoms with Crippen molar-refractivity contribution in [3.8, 4) is 66.8 Å². The van der Waals surface area contributed by atoms with Gasteiger partial charge in [0.2, 0.25) is 0 Å². The molecule has 0 atom stereocenters. The summed E-state index contributed by atoms with van der Waals surface area (Å²) < 4.78 is 0. The number of rotatable bonds is 0. The van der Waals surface area contributed by atoms with Gasteiger partial charge in [0.25, 0.3) is 0 Å². The summed E-state index contributed by atoms with van der Waals surface area (Å²) in [6.45, 7) is 40.7. The third kappa shape index (κ3) is 12.5. The highest BCUT2D eigenvalue weighted by atomic mass is 14.8. The van der Waals surface area contributed by atoms with Gasteiger partial charge in [0.1, 0.15) is 0 Å². The van der Waals surface area contributed by atoms with Crippen LogP contribution in [0.1, 0.15) is 174 Å². The number of fused-ring (bicyclic) bond motifs is 18. The summed E-state index contributed by atoms with van der Waals surface area (Å²) in [5, 5.41) is 0. The topological polar surface area (TPSA) is 77.3 Å². The van der Waals surface area contributed by atoms with Gasteiger partial charge in [-0.15, -0.1) is 0 Å². The molecule has 0 saturated heterocycles. The average Bonchev–Trinajstić information content (AvgIpc) is 1.26. The number of pyridine rings is 6. The van der Waals surface area contributed by atoms with Gasteiger partial charge in [-0.3, -0.25) is 29.9 Å². The maximum Gasteiger partial charge on any atom is 0.0532 e. The van der Waals surface area contributed by atoms with Gasteiger partial charge in [-0.2, -0.15) is 0 Å². The SMILES string of the molecule is Cc1cc2c(nc1C)Cc1c(C)cccc1-2.Cc1cc2c(nc1C)Cc1cccc(C)c1-2.Cc1ccc2c(c1)-c1cc(C)c(C)nc1C2.Cc1ccc2c(c1)Cc1nc(C)c(C)cc1-2.Cc1cccc2c1-c1c(nc(C)c(C)c1C)C2.Cc1nc2c(c(C)c1C)-c1ccccc1C2. The number of aryl methyl sites for hydroxylation is 15. The van der Waals surface area contributed by atoms with Crippen LogP contribution in [0.4, 0.5) is 0 Å². The molecule has 6 aromatic heterocycles. The number of nitrogens with zero attached hydrogens (tertiary/aromatic N) is 6. The van der Waals surface area contributed by atoms with Crippen molar-refractivity contribution in [3.05, 3.63) is 314 Å². The lowest BCUT2D eigenvalue weighted by Gasteiger charge is -2.12. The molecule has 6 aliphatic carbocycles. The Balaban J connectivity index is 0.000000105. The molecule has 0 amide bonds. The minimum Gasteiger partial charge on any atom is -0.257 e. The molecule has 6 aromatic carbocycles. The van der Waals surface area contributed by atoms with Crippen LogP contribution >= 0.6 is 0 Å². The predicted octanol–water partition coefficient (Wildman–Crippen LogP) is 21.8. The summed E-state index contributed by atoms with van der Waals surface area (Å²) in [5.41, 5.74) is 56.8. The number of benzene rings is 6. The molecule has 18 rings (SSSR count). The van der Waals surface area contributed by atoms with Crippen LogP contribution in [0.3, 0.4) is 0 Å². The fourth-order valence-electron chi connectivity index (χ4n) is 15.4. The minimum atomic E-state index is 0.992. The maximum atomic E-state index is 4.77. The predicted molar refractivity (Wildman–Crippen MR) is 405 cm³/mol. The Kier molecular flexibility index (Phi) is 17.9. The molecule has 0 unspecified atom stereocenters. The molecule has 486 valence electrons. The van der Waals surface area contributed by atoms with Gasteiger partial charge in [-0.1, -0.05) is 126 Å². The van der Waals surface area contributed by atoms with Gasteiger partial charge in [-0.05, 0) is 284 Å². The van der Waals surface area contributed by atoms with Crippen LogP contribution in [-0.4, -0.2) is 29.9 Å². The van der Waals surface area contributed by atoms with E-state index >= 15 is 0 Å². The molecule has 0 spiro atoms. The Morgan fingerprint density at radius 3 is 1.22 bits per heavy atom. The van der Waals surface area contributed by atoms with E-state index in [1.807, 2.05) is 0 Å². The highest BCUT2D eigenvalue weighted by Crippen LogP contribution is 2.45. The molecule has 6 aliphatic rings. The van der Waals surface area contributed by atoms with Crippen LogP contribution in [0.25, 0.3) is 66.8 Å². The monoisotopic (exact) mass is 1270 g/mol. The van der Waals surface area contributed by atoms with Crippen molar-refractivity contribution in [1.82, 2.24) is 29.9 Å². The maximum absolute atomic E-state index is 4.77. The van der Waals surface area contributed by atoms with Crippen molar-refractivity contribution in [2.45, 2.75) is 170 Å². The van der Waals surface area contributed by atoms with Crippen LogP contribution in [0.15, 0.2) is 140 Å². The standard InChI is InChI=1S/C16H17N.5C15H15N/c1-9-6-5-7-13-8-14-16(15(9)13)11(3)10(2)12(4)17-14;1-9-4-5-13-12(6-9)8-15-14(13)7-10(2)11(3)16-15;1-9-4-5-12-8-15-14(13(12)6-9)7-10(2)11(3)16-15;1-9-5-4-6-12-13(9)8-15-14(12)7-10(2)11(3)16-15;1-9-5-4-6-12-8-14-13(15(9)12)7-10(2)11(3)16-14;1-9-10(2)15-13-7-5-4-6-12(13)8-14(15)16-11(9)3/h5-7H,8H2,1-4H3;5*4-7H,8H2,1-3H3. The fourth-order valence-corrected chi connectivity index (χ4v) is 15.4. The zero-order valence-electron chi connectivity index (χ0n) is 60.7. The largest absolute Gasteiger partial charge is 0.257 e. The van der Waals surface area contributed by atoms with E-state index in [1.54, 1.807) is 0 Å². The van der Waals surface area contributed by atoms with E-state index in [-0.39, 0.29) is 0 Å². The zero-order valence-corrected chi connectivity index (χ0v) is 60.7. The van der Waals surface area contributed by atoms with Crippen LogP contribution < -0.4 is 0 Å². The van der Waals surface area contributed by atoms with Gasteiger partial charge in [0.15, 0.2) is 0 Å². The van der Waals surface area contributed by atoms with Crippen molar-refractivity contribution < 1.29 is 0 Å². The second-order valence-corrected chi connectivity index (χ2v) is 28.4. The smallest absolute Gasteiger partial charge is 0.0532 e. The third-order valence-electron chi connectivity index (χ3n) is 21.8. The second-order valence-electron chi connectivity index (χ2n) is 28.4. The lowest BCUT2D eigenvalue weighted by Crippen LogP contribution is -1.98. The molecule has 0 fully saturated rings. The van der Waals surface area contributed by atoms with Crippen LogP contribution in [0.5, 0.6) is 0 Å². The van der Waals surface area contributed by atoms with Crippen molar-refractivity contribution in [1.29, 1.82) is 0 Å². The average molecular weight is 1270 g/mol. The third-order valence-corrected chi connectivity index (χ3v) is 21.8. The molecule has 97 heavy (non-hydrogen) atoms. The lowest BCUT2D eigenvalue weighted by atomic mass is 9.95. The van der Waals surface area contributed by atoms with E-state index in [1.165, 1.54) is 218 Å². The Labute approximate surface area is 576 Å². The number of aromatic nitrogens is 6. The van der Waals surface area contributed by atoms with E-state index in [0.717, 1.165) is 61.3 Å². The molecule has 0 saturated carbocycles. The molecule has 0 bridgehead atoms. The van der Waals surface area contributed by atoms with Crippen LogP contribution in [0.2, 0.25) is 0 Å². The van der Waals surface area contributed by atoms with Crippen molar-refractivity contribution >= 4 is 0 Å². The molecular weight excluding hydrogens is 1180 g/mol. The van der Waals surface area contributed by atoms with E-state index in [0.29, 0.717) is 0 Å². The first-order valence-corrected chi connectivity index (χ1v) is 34.8. The first-order chi connectivity index (χ1) is 46.4.